The second-order valence-electron chi connectivity index (χ2n) is 7.01. The van der Waals surface area contributed by atoms with Gasteiger partial charge < -0.3 is 20.1 Å². The van der Waals surface area contributed by atoms with E-state index in [0.29, 0.717) is 5.56 Å². The lowest BCUT2D eigenvalue weighted by molar-refractivity contribution is -0.176. The Kier molecular flexibility index (Phi) is 7.47. The standard InChI is InChI=1S/C22H20F4N2O4/c23-15-2-1-3-19(18(10-15)21(30)28-16-8-9-27-20(29)11-16)32-17-6-4-14(5-7-17)12-31-13-22(24,25)26/h1-10,15-16H,11-13H2,(H,27,29)(H,28,30). The number of ether oxygens (including phenoxy) is 2. The van der Waals surface area contributed by atoms with Crippen LogP contribution in [0.2, 0.25) is 0 Å². The predicted molar refractivity (Wildman–Crippen MR) is 107 cm³/mol. The number of allylic oxidation sites excluding steroid dienone is 4. The fraction of sp³-hybridized carbons (Fsp3) is 0.273. The maximum absolute atomic E-state index is 14.1. The van der Waals surface area contributed by atoms with E-state index in [0.717, 1.165) is 6.08 Å². The van der Waals surface area contributed by atoms with Gasteiger partial charge in [0, 0.05) is 6.20 Å². The maximum Gasteiger partial charge on any atom is 0.411 e. The molecular weight excluding hydrogens is 432 g/mol. The van der Waals surface area contributed by atoms with Crippen molar-refractivity contribution in [3.05, 3.63) is 77.7 Å². The van der Waals surface area contributed by atoms with E-state index < -0.39 is 30.9 Å². The lowest BCUT2D eigenvalue weighted by Gasteiger charge is -2.20. The van der Waals surface area contributed by atoms with Crippen LogP contribution in [0.5, 0.6) is 5.75 Å². The molecule has 1 aliphatic carbocycles. The van der Waals surface area contributed by atoms with Crippen molar-refractivity contribution in [2.45, 2.75) is 31.4 Å². The summed E-state index contributed by atoms with van der Waals surface area (Å²) in [4.78, 5) is 24.2. The first-order chi connectivity index (χ1) is 15.2. The lowest BCUT2D eigenvalue weighted by atomic mass is 10.1. The average Bonchev–Trinajstić information content (AvgIpc) is 2.90. The largest absolute Gasteiger partial charge is 0.457 e. The van der Waals surface area contributed by atoms with E-state index in [2.05, 4.69) is 15.4 Å². The number of rotatable bonds is 7. The van der Waals surface area contributed by atoms with Crippen LogP contribution in [-0.2, 0) is 20.9 Å². The van der Waals surface area contributed by atoms with Gasteiger partial charge in [-0.15, -0.1) is 0 Å². The molecule has 0 aromatic heterocycles. The normalized spacial score (nSPS) is 20.7. The summed E-state index contributed by atoms with van der Waals surface area (Å²) < 4.78 is 60.9. The van der Waals surface area contributed by atoms with Gasteiger partial charge in [-0.1, -0.05) is 18.2 Å². The highest BCUT2D eigenvalue weighted by Crippen LogP contribution is 2.23. The summed E-state index contributed by atoms with van der Waals surface area (Å²) in [7, 11) is 0. The van der Waals surface area contributed by atoms with Crippen molar-refractivity contribution < 1.29 is 36.6 Å². The Morgan fingerprint density at radius 1 is 1.19 bits per heavy atom. The number of carbonyl (C=O) groups excluding carboxylic acids is 2. The first kappa shape index (κ1) is 23.3. The third-order valence-corrected chi connectivity index (χ3v) is 4.36. The Hall–Kier alpha value is -3.40. The molecule has 3 rings (SSSR count). The van der Waals surface area contributed by atoms with Crippen molar-refractivity contribution in [2.75, 3.05) is 6.61 Å². The molecule has 0 fully saturated rings. The third kappa shape index (κ3) is 7.09. The molecule has 2 atom stereocenters. The molecule has 0 saturated carbocycles. The van der Waals surface area contributed by atoms with Crippen molar-refractivity contribution >= 4 is 11.8 Å². The summed E-state index contributed by atoms with van der Waals surface area (Å²) in [5, 5.41) is 5.14. The number of hydrogen-bond donors (Lipinski definition) is 2. The van der Waals surface area contributed by atoms with Gasteiger partial charge in [0.15, 0.2) is 0 Å². The molecule has 170 valence electrons. The quantitative estimate of drug-likeness (QED) is 0.622. The van der Waals surface area contributed by atoms with Crippen molar-refractivity contribution in [3.63, 3.8) is 0 Å². The number of alkyl halides is 4. The molecule has 0 radical (unpaired) electrons. The summed E-state index contributed by atoms with van der Waals surface area (Å²) >= 11 is 0. The Labute approximate surface area is 181 Å². The van der Waals surface area contributed by atoms with Crippen molar-refractivity contribution in [1.82, 2.24) is 10.6 Å². The fourth-order valence-corrected chi connectivity index (χ4v) is 2.91. The molecule has 0 saturated heterocycles. The summed E-state index contributed by atoms with van der Waals surface area (Å²) in [5.74, 6) is -0.519. The van der Waals surface area contributed by atoms with Gasteiger partial charge in [-0.2, -0.15) is 13.2 Å². The van der Waals surface area contributed by atoms with Gasteiger partial charge >= 0.3 is 6.18 Å². The molecule has 1 aromatic rings. The average molecular weight is 452 g/mol. The van der Waals surface area contributed by atoms with Crippen LogP contribution in [0.25, 0.3) is 0 Å². The van der Waals surface area contributed by atoms with Crippen LogP contribution in [0, 0.1) is 0 Å². The van der Waals surface area contributed by atoms with Gasteiger partial charge in [-0.3, -0.25) is 9.59 Å². The van der Waals surface area contributed by atoms with E-state index in [9.17, 15) is 27.2 Å². The Morgan fingerprint density at radius 3 is 2.62 bits per heavy atom. The molecular formula is C22H20F4N2O4. The highest BCUT2D eigenvalue weighted by Gasteiger charge is 2.27. The zero-order chi connectivity index (χ0) is 23.1. The third-order valence-electron chi connectivity index (χ3n) is 4.36. The second-order valence-corrected chi connectivity index (χ2v) is 7.01. The molecule has 0 spiro atoms. The number of hydrogen-bond acceptors (Lipinski definition) is 4. The van der Waals surface area contributed by atoms with Gasteiger partial charge in [0.1, 0.15) is 24.3 Å². The minimum atomic E-state index is -4.41. The predicted octanol–water partition coefficient (Wildman–Crippen LogP) is 3.38. The van der Waals surface area contributed by atoms with E-state index >= 15 is 0 Å². The molecule has 1 aromatic carbocycles. The monoisotopic (exact) mass is 452 g/mol. The maximum atomic E-state index is 14.1. The Balaban J connectivity index is 1.67. The SMILES string of the molecule is O=C1CC(NC(=O)C2=CC(F)C=CC=C2Oc2ccc(COCC(F)(F)F)cc2)C=CN1. The first-order valence-electron chi connectivity index (χ1n) is 9.62. The van der Waals surface area contributed by atoms with Gasteiger partial charge in [-0.25, -0.2) is 4.39 Å². The topological polar surface area (TPSA) is 76.7 Å². The summed E-state index contributed by atoms with van der Waals surface area (Å²) in [6.45, 7) is -1.58. The van der Waals surface area contributed by atoms with Gasteiger partial charge in [0.2, 0.25) is 5.91 Å². The molecule has 2 N–H and O–H groups in total. The number of nitrogens with one attached hydrogen (secondary N) is 2. The Morgan fingerprint density at radius 2 is 1.94 bits per heavy atom. The Bertz CT molecular complexity index is 965. The van der Waals surface area contributed by atoms with Gasteiger partial charge in [-0.05, 0) is 42.0 Å². The summed E-state index contributed by atoms with van der Waals surface area (Å²) in [6.07, 6.45) is 2.30. The number of carbonyl (C=O) groups is 2. The second kappa shape index (κ2) is 10.3. The van der Waals surface area contributed by atoms with Crippen LogP contribution in [-0.4, -0.2) is 36.8 Å². The van der Waals surface area contributed by atoms with Gasteiger partial charge in [0.05, 0.1) is 24.6 Å². The number of halogens is 4. The van der Waals surface area contributed by atoms with E-state index in [1.54, 1.807) is 6.08 Å². The smallest absolute Gasteiger partial charge is 0.411 e. The number of amides is 2. The van der Waals surface area contributed by atoms with Crippen LogP contribution in [0.3, 0.4) is 0 Å². The fourth-order valence-electron chi connectivity index (χ4n) is 2.91. The van der Waals surface area contributed by atoms with E-state index in [4.69, 9.17) is 4.74 Å². The highest BCUT2D eigenvalue weighted by atomic mass is 19.4. The zero-order valence-electron chi connectivity index (χ0n) is 16.7. The van der Waals surface area contributed by atoms with Crippen LogP contribution in [0.4, 0.5) is 17.6 Å². The van der Waals surface area contributed by atoms with Crippen LogP contribution >= 0.6 is 0 Å². The van der Waals surface area contributed by atoms with Crippen molar-refractivity contribution in [2.24, 2.45) is 0 Å². The number of benzene rings is 1. The molecule has 0 bridgehead atoms. The van der Waals surface area contributed by atoms with Gasteiger partial charge in [0.25, 0.3) is 5.91 Å². The highest BCUT2D eigenvalue weighted by molar-refractivity contribution is 5.98. The minimum Gasteiger partial charge on any atom is -0.457 e. The molecule has 6 nitrogen and oxygen atoms in total. The summed E-state index contributed by atoms with van der Waals surface area (Å²) in [5.41, 5.74) is 0.440. The summed E-state index contributed by atoms with van der Waals surface area (Å²) in [6, 6.07) is 5.48. The van der Waals surface area contributed by atoms with Crippen LogP contribution in [0.1, 0.15) is 12.0 Å². The molecule has 32 heavy (non-hydrogen) atoms. The van der Waals surface area contributed by atoms with Crippen LogP contribution in [0.15, 0.2) is 72.2 Å². The molecule has 10 heteroatoms. The van der Waals surface area contributed by atoms with Crippen molar-refractivity contribution in [1.29, 1.82) is 0 Å². The molecule has 2 unspecified atom stereocenters. The molecule has 2 aliphatic rings. The van der Waals surface area contributed by atoms with Crippen molar-refractivity contribution in [3.8, 4) is 5.75 Å². The van der Waals surface area contributed by atoms with E-state index in [-0.39, 0.29) is 36.0 Å². The van der Waals surface area contributed by atoms with E-state index in [1.807, 2.05) is 0 Å². The van der Waals surface area contributed by atoms with Crippen LogP contribution < -0.4 is 15.4 Å². The van der Waals surface area contributed by atoms with E-state index in [1.165, 1.54) is 48.7 Å². The minimum absolute atomic E-state index is 0.0462. The first-order valence-corrected chi connectivity index (χ1v) is 9.62. The molecule has 1 heterocycles. The molecule has 1 aliphatic heterocycles. The lowest BCUT2D eigenvalue weighted by Crippen LogP contribution is -2.41. The zero-order valence-corrected chi connectivity index (χ0v) is 16.7. The molecule has 2 amide bonds.